The molecular weight excluding hydrogens is 359 g/mol. The molecule has 0 aliphatic heterocycles. The highest BCUT2D eigenvalue weighted by Crippen LogP contribution is 2.19. The second kappa shape index (κ2) is 8.03. The van der Waals surface area contributed by atoms with Crippen molar-refractivity contribution in [3.8, 4) is 0 Å². The summed E-state index contributed by atoms with van der Waals surface area (Å²) in [5.41, 5.74) is -0.666. The van der Waals surface area contributed by atoms with Crippen LogP contribution in [0.25, 0.3) is 0 Å². The Morgan fingerprint density at radius 3 is 2.36 bits per heavy atom. The van der Waals surface area contributed by atoms with E-state index in [0.717, 1.165) is 36.5 Å². The summed E-state index contributed by atoms with van der Waals surface area (Å²) in [4.78, 5) is 34.2. The quantitative estimate of drug-likeness (QED) is 0.743. The molecule has 0 aromatic heterocycles. The first kappa shape index (κ1) is 20.5. The Kier molecular flexibility index (Phi) is 6.59. The number of rotatable bonds is 5. The summed E-state index contributed by atoms with van der Waals surface area (Å²) in [6.45, 7) is 1.15. The zero-order chi connectivity index (χ0) is 19.4. The van der Waals surface area contributed by atoms with Gasteiger partial charge in [0.1, 0.15) is 5.82 Å². The number of nitrogens with zero attached hydrogens (tertiary/aromatic N) is 1. The third-order valence-corrected chi connectivity index (χ3v) is 4.81. The van der Waals surface area contributed by atoms with E-state index in [1.165, 1.54) is 14.1 Å². The topological polar surface area (TPSA) is 119 Å². The first-order valence-corrected chi connectivity index (χ1v) is 8.26. The summed E-state index contributed by atoms with van der Waals surface area (Å²) >= 11 is 0. The number of benzene rings is 1. The van der Waals surface area contributed by atoms with Crippen molar-refractivity contribution in [1.82, 2.24) is 9.62 Å². The second-order valence-electron chi connectivity index (χ2n) is 4.96. The minimum Gasteiger partial charge on any atom is -0.453 e. The standard InChI is InChI=1S/C14H17FN2O7S/c1-8(12(18)16-14(20)23-4)24-13(19)10-7-9(5-6-11(10)15)25(21,22)17(2)3/h5-8H,1-4H3,(H,16,18,20)/t8-/m1/s1. The highest BCUT2D eigenvalue weighted by Gasteiger charge is 2.25. The van der Waals surface area contributed by atoms with Gasteiger partial charge in [-0.1, -0.05) is 0 Å². The van der Waals surface area contributed by atoms with Gasteiger partial charge in [-0.2, -0.15) is 0 Å². The summed E-state index contributed by atoms with van der Waals surface area (Å²) in [5, 5.41) is 1.78. The Morgan fingerprint density at radius 1 is 1.24 bits per heavy atom. The van der Waals surface area contributed by atoms with Crippen LogP contribution in [0.15, 0.2) is 23.1 Å². The van der Waals surface area contributed by atoms with E-state index in [1.54, 1.807) is 5.32 Å². The number of imide groups is 1. The van der Waals surface area contributed by atoms with Crippen molar-refractivity contribution in [3.63, 3.8) is 0 Å². The van der Waals surface area contributed by atoms with Gasteiger partial charge in [0.25, 0.3) is 5.91 Å². The fourth-order valence-electron chi connectivity index (χ4n) is 1.56. The van der Waals surface area contributed by atoms with Crippen molar-refractivity contribution in [3.05, 3.63) is 29.6 Å². The normalized spacial score (nSPS) is 12.4. The predicted molar refractivity (Wildman–Crippen MR) is 82.7 cm³/mol. The number of methoxy groups -OCH3 is 1. The van der Waals surface area contributed by atoms with Gasteiger partial charge < -0.3 is 9.47 Å². The smallest absolute Gasteiger partial charge is 0.413 e. The number of ether oxygens (including phenoxy) is 2. The summed E-state index contributed by atoms with van der Waals surface area (Å²) in [5.74, 6) is -3.28. The number of halogens is 1. The first-order valence-electron chi connectivity index (χ1n) is 6.82. The summed E-state index contributed by atoms with van der Waals surface area (Å²) < 4.78 is 47.8. The molecule has 1 N–H and O–H groups in total. The van der Waals surface area contributed by atoms with E-state index < -0.39 is 45.5 Å². The van der Waals surface area contributed by atoms with Gasteiger partial charge in [-0.15, -0.1) is 0 Å². The lowest BCUT2D eigenvalue weighted by molar-refractivity contribution is -0.128. The summed E-state index contributed by atoms with van der Waals surface area (Å²) in [6.07, 6.45) is -2.50. The van der Waals surface area contributed by atoms with Crippen LogP contribution in [0, 0.1) is 5.82 Å². The number of carbonyl (C=O) groups excluding carboxylic acids is 3. The van der Waals surface area contributed by atoms with Crippen molar-refractivity contribution in [1.29, 1.82) is 0 Å². The van der Waals surface area contributed by atoms with E-state index in [0.29, 0.717) is 0 Å². The molecule has 0 saturated carbocycles. The molecule has 0 aliphatic rings. The van der Waals surface area contributed by atoms with Gasteiger partial charge in [0, 0.05) is 14.1 Å². The zero-order valence-corrected chi connectivity index (χ0v) is 14.7. The largest absolute Gasteiger partial charge is 0.453 e. The molecule has 138 valence electrons. The van der Waals surface area contributed by atoms with Crippen LogP contribution in [0.4, 0.5) is 9.18 Å². The van der Waals surface area contributed by atoms with Gasteiger partial charge in [-0.05, 0) is 25.1 Å². The molecule has 0 radical (unpaired) electrons. The van der Waals surface area contributed by atoms with Crippen molar-refractivity contribution in [2.45, 2.75) is 17.9 Å². The maximum Gasteiger partial charge on any atom is 0.413 e. The molecule has 0 aliphatic carbocycles. The molecule has 0 fully saturated rings. The van der Waals surface area contributed by atoms with E-state index in [9.17, 15) is 27.2 Å². The zero-order valence-electron chi connectivity index (χ0n) is 13.9. The molecule has 1 aromatic rings. The molecular formula is C14H17FN2O7S. The Labute approximate surface area is 143 Å². The Bertz CT molecular complexity index is 792. The average Bonchev–Trinajstić information content (AvgIpc) is 2.54. The molecule has 9 nitrogen and oxygen atoms in total. The Hall–Kier alpha value is -2.53. The van der Waals surface area contributed by atoms with Crippen molar-refractivity contribution < 1.29 is 36.7 Å². The summed E-state index contributed by atoms with van der Waals surface area (Å²) in [6, 6.07) is 2.60. The molecule has 1 rings (SSSR count). The number of alkyl carbamates (subject to hydrolysis) is 1. The average molecular weight is 376 g/mol. The Morgan fingerprint density at radius 2 is 1.84 bits per heavy atom. The molecule has 0 bridgehead atoms. The van der Waals surface area contributed by atoms with Gasteiger partial charge in [-0.25, -0.2) is 26.7 Å². The van der Waals surface area contributed by atoms with Gasteiger partial charge in [-0.3, -0.25) is 10.1 Å². The van der Waals surface area contributed by atoms with Crippen LogP contribution in [0.3, 0.4) is 0 Å². The third-order valence-electron chi connectivity index (χ3n) is 3.00. The monoisotopic (exact) mass is 376 g/mol. The third kappa shape index (κ3) is 4.97. The molecule has 1 aromatic carbocycles. The highest BCUT2D eigenvalue weighted by molar-refractivity contribution is 7.89. The van der Waals surface area contributed by atoms with Gasteiger partial charge in [0.15, 0.2) is 6.10 Å². The van der Waals surface area contributed by atoms with Gasteiger partial charge >= 0.3 is 12.1 Å². The van der Waals surface area contributed by atoms with Crippen molar-refractivity contribution >= 4 is 28.0 Å². The van der Waals surface area contributed by atoms with Crippen LogP contribution < -0.4 is 5.32 Å². The molecule has 1 atom stereocenters. The minimum atomic E-state index is -3.90. The predicted octanol–water partition coefficient (Wildman–Crippen LogP) is 0.504. The van der Waals surface area contributed by atoms with Crippen molar-refractivity contribution in [2.24, 2.45) is 0 Å². The number of amides is 2. The maximum absolute atomic E-state index is 13.8. The molecule has 0 unspecified atom stereocenters. The van der Waals surface area contributed by atoms with Crippen LogP contribution in [0.5, 0.6) is 0 Å². The molecule has 0 heterocycles. The molecule has 11 heteroatoms. The lowest BCUT2D eigenvalue weighted by Crippen LogP contribution is -2.39. The number of esters is 1. The molecule has 25 heavy (non-hydrogen) atoms. The number of nitrogens with one attached hydrogen (secondary N) is 1. The van der Waals surface area contributed by atoms with Crippen LogP contribution in [0.1, 0.15) is 17.3 Å². The van der Waals surface area contributed by atoms with Crippen LogP contribution in [-0.4, -0.2) is 58.0 Å². The lowest BCUT2D eigenvalue weighted by Gasteiger charge is -2.14. The summed E-state index contributed by atoms with van der Waals surface area (Å²) in [7, 11) is -0.315. The van der Waals surface area contributed by atoms with E-state index in [1.807, 2.05) is 0 Å². The minimum absolute atomic E-state index is 0.322. The fraction of sp³-hybridized carbons (Fsp3) is 0.357. The van der Waals surface area contributed by atoms with E-state index >= 15 is 0 Å². The number of hydrogen-bond acceptors (Lipinski definition) is 7. The SMILES string of the molecule is COC(=O)NC(=O)[C@@H](C)OC(=O)c1cc(S(=O)(=O)N(C)C)ccc1F. The molecule has 0 spiro atoms. The molecule has 0 saturated heterocycles. The van der Waals surface area contributed by atoms with E-state index in [2.05, 4.69) is 4.74 Å². The van der Waals surface area contributed by atoms with E-state index in [-0.39, 0.29) is 4.90 Å². The Balaban J connectivity index is 3.02. The van der Waals surface area contributed by atoms with E-state index in [4.69, 9.17) is 4.74 Å². The van der Waals surface area contributed by atoms with Gasteiger partial charge in [0.2, 0.25) is 10.0 Å². The fourth-order valence-corrected chi connectivity index (χ4v) is 2.49. The highest BCUT2D eigenvalue weighted by atomic mass is 32.2. The second-order valence-corrected chi connectivity index (χ2v) is 7.11. The first-order chi connectivity index (χ1) is 11.5. The number of hydrogen-bond donors (Lipinski definition) is 1. The molecule has 2 amide bonds. The van der Waals surface area contributed by atoms with Crippen molar-refractivity contribution in [2.75, 3.05) is 21.2 Å². The van der Waals surface area contributed by atoms with Crippen LogP contribution in [-0.2, 0) is 24.3 Å². The van der Waals surface area contributed by atoms with Crippen LogP contribution in [0.2, 0.25) is 0 Å². The van der Waals surface area contributed by atoms with Gasteiger partial charge in [0.05, 0.1) is 17.6 Å². The number of sulfonamides is 1. The lowest BCUT2D eigenvalue weighted by atomic mass is 10.2. The number of carbonyl (C=O) groups is 3. The van der Waals surface area contributed by atoms with Crippen LogP contribution >= 0.6 is 0 Å². The maximum atomic E-state index is 13.8.